The van der Waals surface area contributed by atoms with Crippen LogP contribution >= 0.6 is 0 Å². The van der Waals surface area contributed by atoms with Crippen molar-refractivity contribution in [3.8, 4) is 16.9 Å². The quantitative estimate of drug-likeness (QED) is 0.594. The molecule has 2 heterocycles. The second-order valence-electron chi connectivity index (χ2n) is 8.08. The van der Waals surface area contributed by atoms with E-state index in [9.17, 15) is 9.59 Å². The Kier molecular flexibility index (Phi) is 6.16. The monoisotopic (exact) mass is 416 g/mol. The van der Waals surface area contributed by atoms with Crippen molar-refractivity contribution in [3.05, 3.63) is 71.4 Å². The molecule has 0 aliphatic carbocycles. The number of nitrogens with zero attached hydrogens (tertiary/aromatic N) is 3. The molecule has 6 heteroatoms. The van der Waals surface area contributed by atoms with Gasteiger partial charge in [-0.15, -0.1) is 0 Å². The first-order chi connectivity index (χ1) is 15.0. The summed E-state index contributed by atoms with van der Waals surface area (Å²) in [5, 5.41) is 7.78. The van der Waals surface area contributed by atoms with Crippen LogP contribution < -0.4 is 5.32 Å². The lowest BCUT2D eigenvalue weighted by Crippen LogP contribution is -2.30. The Morgan fingerprint density at radius 1 is 1.13 bits per heavy atom. The molecule has 1 saturated heterocycles. The third-order valence-corrected chi connectivity index (χ3v) is 5.68. The van der Waals surface area contributed by atoms with E-state index in [4.69, 9.17) is 5.10 Å². The third-order valence-electron chi connectivity index (χ3n) is 5.68. The summed E-state index contributed by atoms with van der Waals surface area (Å²) in [6, 6.07) is 16.0. The molecule has 2 amide bonds. The number of aromatic nitrogens is 2. The highest BCUT2D eigenvalue weighted by molar-refractivity contribution is 6.00. The number of nitrogens with one attached hydrogen (secondary N) is 1. The van der Waals surface area contributed by atoms with E-state index < -0.39 is 0 Å². The van der Waals surface area contributed by atoms with Crippen LogP contribution in [-0.4, -0.2) is 46.1 Å². The van der Waals surface area contributed by atoms with Crippen LogP contribution in [0.1, 0.15) is 40.7 Å². The number of hydrogen-bond acceptors (Lipinski definition) is 3. The SMILES string of the molecule is Cc1ccc(-c2nn(-c3ccccc3)cc2C(=O)NCCCN2CCCC2=O)c(C)c1. The van der Waals surface area contributed by atoms with Crippen molar-refractivity contribution in [2.75, 3.05) is 19.6 Å². The summed E-state index contributed by atoms with van der Waals surface area (Å²) in [6.07, 6.45) is 4.11. The molecule has 1 aromatic heterocycles. The molecule has 3 aromatic rings. The molecular formula is C25H28N4O2. The van der Waals surface area contributed by atoms with Crippen molar-refractivity contribution in [2.45, 2.75) is 33.1 Å². The summed E-state index contributed by atoms with van der Waals surface area (Å²) in [4.78, 5) is 26.7. The fraction of sp³-hybridized carbons (Fsp3) is 0.320. The average molecular weight is 417 g/mol. The first kappa shape index (κ1) is 20.8. The molecule has 4 rings (SSSR count). The van der Waals surface area contributed by atoms with Crippen molar-refractivity contribution < 1.29 is 9.59 Å². The minimum absolute atomic E-state index is 0.148. The molecule has 0 saturated carbocycles. The highest BCUT2D eigenvalue weighted by Crippen LogP contribution is 2.27. The fourth-order valence-corrected chi connectivity index (χ4v) is 4.04. The van der Waals surface area contributed by atoms with E-state index in [1.807, 2.05) is 54.3 Å². The molecule has 31 heavy (non-hydrogen) atoms. The fourth-order valence-electron chi connectivity index (χ4n) is 4.04. The van der Waals surface area contributed by atoms with E-state index in [1.54, 1.807) is 10.9 Å². The summed E-state index contributed by atoms with van der Waals surface area (Å²) in [5.74, 6) is 0.0671. The molecule has 0 radical (unpaired) electrons. The molecule has 0 atom stereocenters. The average Bonchev–Trinajstić information content (AvgIpc) is 3.38. The van der Waals surface area contributed by atoms with Gasteiger partial charge in [-0.25, -0.2) is 4.68 Å². The number of aryl methyl sites for hydroxylation is 2. The van der Waals surface area contributed by atoms with Crippen LogP contribution in [0.5, 0.6) is 0 Å². The summed E-state index contributed by atoms with van der Waals surface area (Å²) < 4.78 is 1.76. The summed E-state index contributed by atoms with van der Waals surface area (Å²) in [7, 11) is 0. The Morgan fingerprint density at radius 3 is 2.65 bits per heavy atom. The number of likely N-dealkylation sites (tertiary alicyclic amines) is 1. The first-order valence-corrected chi connectivity index (χ1v) is 10.8. The Balaban J connectivity index is 1.55. The van der Waals surface area contributed by atoms with Gasteiger partial charge in [0, 0.05) is 37.8 Å². The number of hydrogen-bond donors (Lipinski definition) is 1. The molecule has 0 bridgehead atoms. The van der Waals surface area contributed by atoms with Gasteiger partial charge in [0.1, 0.15) is 5.69 Å². The van der Waals surface area contributed by atoms with Gasteiger partial charge in [-0.05, 0) is 44.4 Å². The lowest BCUT2D eigenvalue weighted by molar-refractivity contribution is -0.127. The van der Waals surface area contributed by atoms with Crippen molar-refractivity contribution >= 4 is 11.8 Å². The Bertz CT molecular complexity index is 1090. The summed E-state index contributed by atoms with van der Waals surface area (Å²) in [6.45, 7) is 6.13. The van der Waals surface area contributed by atoms with Crippen molar-refractivity contribution in [2.24, 2.45) is 0 Å². The van der Waals surface area contributed by atoms with E-state index in [0.29, 0.717) is 30.8 Å². The number of rotatable bonds is 7. The van der Waals surface area contributed by atoms with Gasteiger partial charge in [-0.1, -0.05) is 42.0 Å². The predicted molar refractivity (Wildman–Crippen MR) is 121 cm³/mol. The topological polar surface area (TPSA) is 67.2 Å². The maximum Gasteiger partial charge on any atom is 0.255 e. The van der Waals surface area contributed by atoms with Crippen LogP contribution in [-0.2, 0) is 4.79 Å². The Labute approximate surface area is 182 Å². The molecule has 1 aliphatic heterocycles. The van der Waals surface area contributed by atoms with Crippen LogP contribution in [0.2, 0.25) is 0 Å². The highest BCUT2D eigenvalue weighted by Gasteiger charge is 2.21. The lowest BCUT2D eigenvalue weighted by atomic mass is 10.0. The van der Waals surface area contributed by atoms with Gasteiger partial charge < -0.3 is 10.2 Å². The molecule has 6 nitrogen and oxygen atoms in total. The maximum atomic E-state index is 13.1. The molecule has 0 unspecified atom stereocenters. The minimum Gasteiger partial charge on any atom is -0.352 e. The van der Waals surface area contributed by atoms with Gasteiger partial charge in [0.25, 0.3) is 5.91 Å². The molecule has 0 spiro atoms. The van der Waals surface area contributed by atoms with E-state index in [-0.39, 0.29) is 11.8 Å². The maximum absolute atomic E-state index is 13.1. The minimum atomic E-state index is -0.148. The Hall–Kier alpha value is -3.41. The highest BCUT2D eigenvalue weighted by atomic mass is 16.2. The molecule has 1 N–H and O–H groups in total. The van der Waals surface area contributed by atoms with Gasteiger partial charge in [0.05, 0.1) is 11.3 Å². The van der Waals surface area contributed by atoms with Crippen molar-refractivity contribution in [1.82, 2.24) is 20.0 Å². The number of carbonyl (C=O) groups is 2. The zero-order valence-corrected chi connectivity index (χ0v) is 18.1. The van der Waals surface area contributed by atoms with Crippen molar-refractivity contribution in [3.63, 3.8) is 0 Å². The number of para-hydroxylation sites is 1. The Morgan fingerprint density at radius 2 is 1.94 bits per heavy atom. The van der Waals surface area contributed by atoms with E-state index in [0.717, 1.165) is 36.2 Å². The first-order valence-electron chi connectivity index (χ1n) is 10.8. The van der Waals surface area contributed by atoms with Crippen LogP contribution in [0.15, 0.2) is 54.7 Å². The molecule has 1 aliphatic rings. The van der Waals surface area contributed by atoms with Crippen LogP contribution in [0.25, 0.3) is 16.9 Å². The standard InChI is InChI=1S/C25H28N4O2/c1-18-11-12-21(19(2)16-18)24-22(17-29(27-24)20-8-4-3-5-9-20)25(31)26-13-7-15-28-14-6-10-23(28)30/h3-5,8-9,11-12,16-17H,6-7,10,13-15H2,1-2H3,(H,26,31). The summed E-state index contributed by atoms with van der Waals surface area (Å²) >= 11 is 0. The molecule has 2 aromatic carbocycles. The summed E-state index contributed by atoms with van der Waals surface area (Å²) in [5.41, 5.74) is 5.33. The lowest BCUT2D eigenvalue weighted by Gasteiger charge is -2.15. The predicted octanol–water partition coefficient (Wildman–Crippen LogP) is 3.90. The number of amides is 2. The van der Waals surface area contributed by atoms with Crippen LogP contribution in [0.4, 0.5) is 0 Å². The normalized spacial score (nSPS) is 13.6. The van der Waals surface area contributed by atoms with Gasteiger partial charge in [0.15, 0.2) is 0 Å². The van der Waals surface area contributed by atoms with Gasteiger partial charge >= 0.3 is 0 Å². The van der Waals surface area contributed by atoms with Gasteiger partial charge in [-0.2, -0.15) is 5.10 Å². The molecular weight excluding hydrogens is 388 g/mol. The smallest absolute Gasteiger partial charge is 0.255 e. The molecule has 1 fully saturated rings. The number of benzene rings is 2. The van der Waals surface area contributed by atoms with Crippen LogP contribution in [0, 0.1) is 13.8 Å². The zero-order chi connectivity index (χ0) is 21.8. The van der Waals surface area contributed by atoms with Crippen LogP contribution in [0.3, 0.4) is 0 Å². The second kappa shape index (κ2) is 9.16. The number of carbonyl (C=O) groups excluding carboxylic acids is 2. The van der Waals surface area contributed by atoms with Gasteiger partial charge in [-0.3, -0.25) is 9.59 Å². The third kappa shape index (κ3) is 4.68. The zero-order valence-electron chi connectivity index (χ0n) is 18.1. The molecule has 160 valence electrons. The van der Waals surface area contributed by atoms with Gasteiger partial charge in [0.2, 0.25) is 5.91 Å². The largest absolute Gasteiger partial charge is 0.352 e. The van der Waals surface area contributed by atoms with E-state index in [1.165, 1.54) is 5.56 Å². The van der Waals surface area contributed by atoms with E-state index in [2.05, 4.69) is 18.3 Å². The van der Waals surface area contributed by atoms with Crippen molar-refractivity contribution in [1.29, 1.82) is 0 Å². The van der Waals surface area contributed by atoms with E-state index >= 15 is 0 Å². The second-order valence-corrected chi connectivity index (χ2v) is 8.08.